The summed E-state index contributed by atoms with van der Waals surface area (Å²) in [6.45, 7) is -0.0886. The predicted molar refractivity (Wildman–Crippen MR) is 91.7 cm³/mol. The molecule has 0 saturated carbocycles. The number of anilines is 1. The second-order valence-electron chi connectivity index (χ2n) is 6.14. The lowest BCUT2D eigenvalue weighted by Gasteiger charge is -2.18. The van der Waals surface area contributed by atoms with Gasteiger partial charge in [-0.3, -0.25) is 30.2 Å². The van der Waals surface area contributed by atoms with Gasteiger partial charge in [-0.25, -0.2) is 0 Å². The van der Waals surface area contributed by atoms with E-state index in [1.54, 1.807) is 6.07 Å². The Morgan fingerprint density at radius 3 is 2.61 bits per heavy atom. The van der Waals surface area contributed by atoms with Crippen LogP contribution in [0.25, 0.3) is 0 Å². The second-order valence-corrected chi connectivity index (χ2v) is 6.14. The van der Waals surface area contributed by atoms with Crippen molar-refractivity contribution in [1.29, 1.82) is 0 Å². The molecular formula is C18H15F3N4O3. The number of alkyl halides is 3. The highest BCUT2D eigenvalue weighted by molar-refractivity contribution is 6.01. The van der Waals surface area contributed by atoms with E-state index in [1.165, 1.54) is 30.6 Å². The van der Waals surface area contributed by atoms with Crippen molar-refractivity contribution in [3.8, 4) is 0 Å². The molecule has 1 aliphatic rings. The third kappa shape index (κ3) is 4.27. The van der Waals surface area contributed by atoms with Crippen molar-refractivity contribution in [1.82, 2.24) is 15.8 Å². The number of hydrazine groups is 1. The molecule has 0 radical (unpaired) electrons. The zero-order valence-electron chi connectivity index (χ0n) is 14.4. The molecule has 2 heterocycles. The number of pyridine rings is 1. The van der Waals surface area contributed by atoms with Crippen molar-refractivity contribution in [2.24, 2.45) is 5.92 Å². The normalized spacial score (nSPS) is 16.8. The molecule has 2 aromatic rings. The lowest BCUT2D eigenvalue weighted by atomic mass is 10.1. The minimum absolute atomic E-state index is 0.0644. The van der Waals surface area contributed by atoms with Gasteiger partial charge in [0.25, 0.3) is 5.91 Å². The summed E-state index contributed by atoms with van der Waals surface area (Å²) in [5.41, 5.74) is 3.86. The van der Waals surface area contributed by atoms with Gasteiger partial charge in [-0.1, -0.05) is 6.07 Å². The van der Waals surface area contributed by atoms with Crippen molar-refractivity contribution in [2.75, 3.05) is 11.4 Å². The summed E-state index contributed by atoms with van der Waals surface area (Å²) in [4.78, 5) is 41.2. The van der Waals surface area contributed by atoms with Crippen molar-refractivity contribution in [3.05, 3.63) is 59.9 Å². The Morgan fingerprint density at radius 1 is 1.14 bits per heavy atom. The van der Waals surface area contributed by atoms with Gasteiger partial charge in [-0.05, 0) is 30.3 Å². The SMILES string of the molecule is O=C(NNC(=O)[C@@H]1CC(=O)N(c2cccc(C(F)(F)F)c2)C1)c1cccnc1. The van der Waals surface area contributed by atoms with E-state index in [1.807, 2.05) is 0 Å². The van der Waals surface area contributed by atoms with Gasteiger partial charge in [0.1, 0.15) is 0 Å². The molecular weight excluding hydrogens is 377 g/mol. The van der Waals surface area contributed by atoms with Crippen molar-refractivity contribution in [2.45, 2.75) is 12.6 Å². The van der Waals surface area contributed by atoms with Crippen LogP contribution in [0.4, 0.5) is 18.9 Å². The Hall–Kier alpha value is -3.43. The van der Waals surface area contributed by atoms with Gasteiger partial charge in [0.2, 0.25) is 11.8 Å². The molecule has 1 fully saturated rings. The molecule has 28 heavy (non-hydrogen) atoms. The molecule has 1 aromatic heterocycles. The summed E-state index contributed by atoms with van der Waals surface area (Å²) >= 11 is 0. The summed E-state index contributed by atoms with van der Waals surface area (Å²) < 4.78 is 38.6. The van der Waals surface area contributed by atoms with E-state index in [9.17, 15) is 27.6 Å². The molecule has 7 nitrogen and oxygen atoms in total. The van der Waals surface area contributed by atoms with Gasteiger partial charge in [0.05, 0.1) is 17.0 Å². The number of nitrogens with zero attached hydrogens (tertiary/aromatic N) is 2. The number of rotatable bonds is 3. The van der Waals surface area contributed by atoms with E-state index < -0.39 is 35.4 Å². The summed E-state index contributed by atoms with van der Waals surface area (Å²) in [6.07, 6.45) is -1.91. The Kier molecular flexibility index (Phi) is 5.30. The molecule has 0 aliphatic carbocycles. The van der Waals surface area contributed by atoms with E-state index in [4.69, 9.17) is 0 Å². The van der Waals surface area contributed by atoms with Gasteiger partial charge in [-0.2, -0.15) is 13.2 Å². The Bertz CT molecular complexity index is 902. The van der Waals surface area contributed by atoms with E-state index in [2.05, 4.69) is 15.8 Å². The van der Waals surface area contributed by atoms with Crippen LogP contribution < -0.4 is 15.8 Å². The first-order valence-electron chi connectivity index (χ1n) is 8.23. The predicted octanol–water partition coefficient (Wildman–Crippen LogP) is 1.91. The molecule has 146 valence electrons. The number of benzene rings is 1. The van der Waals surface area contributed by atoms with Crippen molar-refractivity contribution >= 4 is 23.4 Å². The summed E-state index contributed by atoms with van der Waals surface area (Å²) in [5, 5.41) is 0. The lowest BCUT2D eigenvalue weighted by molar-refractivity contribution is -0.137. The molecule has 2 N–H and O–H groups in total. The average Bonchev–Trinajstić information content (AvgIpc) is 3.08. The Labute approximate surface area is 157 Å². The Balaban J connectivity index is 1.63. The van der Waals surface area contributed by atoms with Crippen LogP contribution >= 0.6 is 0 Å². The van der Waals surface area contributed by atoms with E-state index in [0.29, 0.717) is 0 Å². The van der Waals surface area contributed by atoms with Crippen molar-refractivity contribution < 1.29 is 27.6 Å². The molecule has 1 aromatic carbocycles. The highest BCUT2D eigenvalue weighted by Crippen LogP contribution is 2.33. The van der Waals surface area contributed by atoms with Crippen LogP contribution in [0.15, 0.2) is 48.8 Å². The average molecular weight is 392 g/mol. The van der Waals surface area contributed by atoms with E-state index >= 15 is 0 Å². The molecule has 0 spiro atoms. The fraction of sp³-hybridized carbons (Fsp3) is 0.222. The van der Waals surface area contributed by atoms with Crippen LogP contribution in [-0.2, 0) is 15.8 Å². The molecule has 3 rings (SSSR count). The number of nitrogens with one attached hydrogen (secondary N) is 2. The number of halogens is 3. The zero-order chi connectivity index (χ0) is 20.3. The lowest BCUT2D eigenvalue weighted by Crippen LogP contribution is -2.45. The fourth-order valence-corrected chi connectivity index (χ4v) is 2.77. The van der Waals surface area contributed by atoms with Gasteiger partial charge in [-0.15, -0.1) is 0 Å². The highest BCUT2D eigenvalue weighted by atomic mass is 19.4. The first kappa shape index (κ1) is 19.3. The number of carbonyl (C=O) groups excluding carboxylic acids is 3. The maximum Gasteiger partial charge on any atom is 0.416 e. The molecule has 0 bridgehead atoms. The van der Waals surface area contributed by atoms with E-state index in [0.717, 1.165) is 17.0 Å². The van der Waals surface area contributed by atoms with Gasteiger partial charge < -0.3 is 4.90 Å². The Morgan fingerprint density at radius 2 is 1.93 bits per heavy atom. The monoisotopic (exact) mass is 392 g/mol. The van der Waals surface area contributed by atoms with Gasteiger partial charge in [0, 0.05) is 31.0 Å². The minimum Gasteiger partial charge on any atom is -0.312 e. The number of aromatic nitrogens is 1. The standard InChI is InChI=1S/C18H15F3N4O3/c19-18(20,21)13-4-1-5-14(8-13)25-10-12(7-15(25)26)17(28)24-23-16(27)11-3-2-6-22-9-11/h1-6,8-9,12H,7,10H2,(H,23,27)(H,24,28)/t12-/m1/s1. The highest BCUT2D eigenvalue weighted by Gasteiger charge is 2.37. The molecule has 0 unspecified atom stereocenters. The van der Waals surface area contributed by atoms with Crippen molar-refractivity contribution in [3.63, 3.8) is 0 Å². The maximum atomic E-state index is 12.9. The van der Waals surface area contributed by atoms with Gasteiger partial charge >= 0.3 is 6.18 Å². The van der Waals surface area contributed by atoms with Crippen LogP contribution in [0.2, 0.25) is 0 Å². The van der Waals surface area contributed by atoms with Gasteiger partial charge in [0.15, 0.2) is 0 Å². The van der Waals surface area contributed by atoms with Crippen LogP contribution in [0, 0.1) is 5.92 Å². The quantitative estimate of drug-likeness (QED) is 0.781. The topological polar surface area (TPSA) is 91.4 Å². The van der Waals surface area contributed by atoms with Crippen LogP contribution in [0.1, 0.15) is 22.3 Å². The third-order valence-electron chi connectivity index (χ3n) is 4.20. The second kappa shape index (κ2) is 7.67. The number of carbonyl (C=O) groups is 3. The number of amides is 3. The zero-order valence-corrected chi connectivity index (χ0v) is 14.4. The number of hydrogen-bond donors (Lipinski definition) is 2. The maximum absolute atomic E-state index is 12.9. The number of hydrogen-bond acceptors (Lipinski definition) is 4. The molecule has 10 heteroatoms. The molecule has 1 atom stereocenters. The fourth-order valence-electron chi connectivity index (χ4n) is 2.77. The minimum atomic E-state index is -4.54. The third-order valence-corrected chi connectivity index (χ3v) is 4.20. The summed E-state index contributed by atoms with van der Waals surface area (Å²) in [5.74, 6) is -2.48. The molecule has 3 amide bonds. The van der Waals surface area contributed by atoms with E-state index in [-0.39, 0.29) is 24.2 Å². The molecule has 1 saturated heterocycles. The smallest absolute Gasteiger partial charge is 0.312 e. The first-order valence-corrected chi connectivity index (χ1v) is 8.23. The molecule has 1 aliphatic heterocycles. The summed E-state index contributed by atoms with van der Waals surface area (Å²) in [7, 11) is 0. The van der Waals surface area contributed by atoms with Crippen LogP contribution in [0.3, 0.4) is 0 Å². The van der Waals surface area contributed by atoms with Crippen LogP contribution in [-0.4, -0.2) is 29.3 Å². The summed E-state index contributed by atoms with van der Waals surface area (Å²) in [6, 6.07) is 7.40. The van der Waals surface area contributed by atoms with Crippen LogP contribution in [0.5, 0.6) is 0 Å². The first-order chi connectivity index (χ1) is 13.3. The largest absolute Gasteiger partial charge is 0.416 e.